The summed E-state index contributed by atoms with van der Waals surface area (Å²) in [7, 11) is 0. The van der Waals surface area contributed by atoms with Crippen molar-refractivity contribution in [1.29, 1.82) is 5.26 Å². The average Bonchev–Trinajstić information content (AvgIpc) is 2.98. The van der Waals surface area contributed by atoms with Crippen molar-refractivity contribution >= 4 is 22.7 Å². The third kappa shape index (κ3) is 4.09. The van der Waals surface area contributed by atoms with Gasteiger partial charge in [-0.1, -0.05) is 18.2 Å². The number of nitriles is 1. The van der Waals surface area contributed by atoms with Gasteiger partial charge >= 0.3 is 5.97 Å². The maximum absolute atomic E-state index is 12.2. The second kappa shape index (κ2) is 7.28. The van der Waals surface area contributed by atoms with E-state index in [2.05, 4.69) is 11.2 Å². The molecule has 142 valence electrons. The summed E-state index contributed by atoms with van der Waals surface area (Å²) in [6.07, 6.45) is 0. The largest absolute Gasteiger partial charge is 0.459 e. The Morgan fingerprint density at radius 2 is 1.86 bits per heavy atom. The molecule has 1 aromatic heterocycles. The first-order valence-electron chi connectivity index (χ1n) is 8.92. The van der Waals surface area contributed by atoms with E-state index < -0.39 is 11.6 Å². The van der Waals surface area contributed by atoms with E-state index in [-0.39, 0.29) is 12.3 Å². The number of rotatable bonds is 4. The van der Waals surface area contributed by atoms with Crippen LogP contribution < -0.4 is 0 Å². The zero-order valence-corrected chi connectivity index (χ0v) is 16.3. The second-order valence-corrected chi connectivity index (χ2v) is 7.57. The highest BCUT2D eigenvalue weighted by molar-refractivity contribution is 6.06. The van der Waals surface area contributed by atoms with Gasteiger partial charge in [-0.3, -0.25) is 14.3 Å². The van der Waals surface area contributed by atoms with E-state index in [4.69, 9.17) is 10.00 Å². The minimum Gasteiger partial charge on any atom is -0.459 e. The molecule has 1 heterocycles. The highest BCUT2D eigenvalue weighted by Crippen LogP contribution is 2.27. The SMILES string of the molecule is CC(=O)c1nn(CC(=O)OC(C)(C)C)c2ccc(-c3cccc(C#N)c3)cc12. The van der Waals surface area contributed by atoms with Crippen molar-refractivity contribution in [3.05, 3.63) is 53.7 Å². The molecule has 0 atom stereocenters. The molecule has 0 saturated carbocycles. The fourth-order valence-electron chi connectivity index (χ4n) is 3.00. The first kappa shape index (κ1) is 19.3. The van der Waals surface area contributed by atoms with Crippen LogP contribution in [0.25, 0.3) is 22.0 Å². The van der Waals surface area contributed by atoms with Crippen LogP contribution in [-0.4, -0.2) is 27.1 Å². The van der Waals surface area contributed by atoms with E-state index in [0.29, 0.717) is 22.2 Å². The number of ether oxygens (including phenoxy) is 1. The van der Waals surface area contributed by atoms with E-state index in [1.807, 2.05) is 30.3 Å². The van der Waals surface area contributed by atoms with Gasteiger partial charge < -0.3 is 4.74 Å². The highest BCUT2D eigenvalue weighted by Gasteiger charge is 2.20. The number of hydrogen-bond donors (Lipinski definition) is 0. The number of carbonyl (C=O) groups is 2. The standard InChI is InChI=1S/C22H21N3O3/c1-14(26)21-18-11-17(16-7-5-6-15(10-16)12-23)8-9-19(18)25(24-21)13-20(27)28-22(2,3)4/h5-11H,13H2,1-4H3. The minimum atomic E-state index is -0.595. The van der Waals surface area contributed by atoms with Crippen molar-refractivity contribution in [2.45, 2.75) is 39.8 Å². The molecule has 0 aliphatic carbocycles. The lowest BCUT2D eigenvalue weighted by atomic mass is 10.0. The summed E-state index contributed by atoms with van der Waals surface area (Å²) >= 11 is 0. The van der Waals surface area contributed by atoms with Crippen LogP contribution in [0.1, 0.15) is 43.7 Å². The normalized spacial score (nSPS) is 11.2. The van der Waals surface area contributed by atoms with Crippen molar-refractivity contribution in [2.24, 2.45) is 0 Å². The summed E-state index contributed by atoms with van der Waals surface area (Å²) in [6.45, 7) is 6.77. The summed E-state index contributed by atoms with van der Waals surface area (Å²) < 4.78 is 6.86. The minimum absolute atomic E-state index is 0.0791. The number of fused-ring (bicyclic) bond motifs is 1. The zero-order chi connectivity index (χ0) is 20.5. The Hall–Kier alpha value is -3.46. The summed E-state index contributed by atoms with van der Waals surface area (Å²) in [5, 5.41) is 14.1. The van der Waals surface area contributed by atoms with Crippen LogP contribution in [0.4, 0.5) is 0 Å². The number of Topliss-reactive ketones (excluding diaryl/α,β-unsaturated/α-hetero) is 1. The molecule has 0 spiro atoms. The Bertz CT molecular complexity index is 1110. The monoisotopic (exact) mass is 375 g/mol. The summed E-state index contributed by atoms with van der Waals surface area (Å²) in [6, 6.07) is 14.9. The molecule has 0 bridgehead atoms. The summed E-state index contributed by atoms with van der Waals surface area (Å²) in [5.41, 5.74) is 2.68. The third-order valence-corrected chi connectivity index (χ3v) is 4.11. The van der Waals surface area contributed by atoms with Crippen molar-refractivity contribution in [3.8, 4) is 17.2 Å². The lowest BCUT2D eigenvalue weighted by Crippen LogP contribution is -2.26. The van der Waals surface area contributed by atoms with E-state index in [9.17, 15) is 9.59 Å². The Balaban J connectivity index is 2.05. The van der Waals surface area contributed by atoms with Crippen LogP contribution in [0.3, 0.4) is 0 Å². The van der Waals surface area contributed by atoms with Gasteiger partial charge in [0.05, 0.1) is 17.1 Å². The van der Waals surface area contributed by atoms with Crippen LogP contribution in [0.2, 0.25) is 0 Å². The molecule has 6 nitrogen and oxygen atoms in total. The van der Waals surface area contributed by atoms with Gasteiger partial charge in [-0.25, -0.2) is 0 Å². The van der Waals surface area contributed by atoms with E-state index >= 15 is 0 Å². The van der Waals surface area contributed by atoms with Crippen LogP contribution in [0.5, 0.6) is 0 Å². The molecule has 0 fully saturated rings. The first-order chi connectivity index (χ1) is 13.2. The highest BCUT2D eigenvalue weighted by atomic mass is 16.6. The maximum atomic E-state index is 12.2. The van der Waals surface area contributed by atoms with Crippen molar-refractivity contribution in [3.63, 3.8) is 0 Å². The van der Waals surface area contributed by atoms with Gasteiger partial charge in [0.1, 0.15) is 17.8 Å². The van der Waals surface area contributed by atoms with Crippen LogP contribution >= 0.6 is 0 Å². The molecule has 3 aromatic rings. The molecule has 0 amide bonds. The van der Waals surface area contributed by atoms with Gasteiger partial charge in [0, 0.05) is 12.3 Å². The quantitative estimate of drug-likeness (QED) is 0.506. The number of aromatic nitrogens is 2. The van der Waals surface area contributed by atoms with Crippen molar-refractivity contribution in [1.82, 2.24) is 9.78 Å². The number of carbonyl (C=O) groups excluding carboxylic acids is 2. The smallest absolute Gasteiger partial charge is 0.328 e. The molecule has 28 heavy (non-hydrogen) atoms. The Labute approximate surface area is 163 Å². The molecule has 0 unspecified atom stereocenters. The zero-order valence-electron chi connectivity index (χ0n) is 16.3. The number of benzene rings is 2. The van der Waals surface area contributed by atoms with Gasteiger partial charge in [0.2, 0.25) is 0 Å². The van der Waals surface area contributed by atoms with Crippen LogP contribution in [0.15, 0.2) is 42.5 Å². The van der Waals surface area contributed by atoms with Crippen LogP contribution in [-0.2, 0) is 16.1 Å². The van der Waals surface area contributed by atoms with E-state index in [1.165, 1.54) is 11.6 Å². The summed E-state index contributed by atoms with van der Waals surface area (Å²) in [4.78, 5) is 24.3. The Kier molecular flexibility index (Phi) is 5.02. The predicted octanol–water partition coefficient (Wildman–Crippen LogP) is 4.12. The number of ketones is 1. The van der Waals surface area contributed by atoms with E-state index in [0.717, 1.165) is 11.1 Å². The molecular formula is C22H21N3O3. The molecule has 0 saturated heterocycles. The summed E-state index contributed by atoms with van der Waals surface area (Å²) in [5.74, 6) is -0.603. The van der Waals surface area contributed by atoms with Gasteiger partial charge in [-0.05, 0) is 56.2 Å². The molecule has 3 rings (SSSR count). The van der Waals surface area contributed by atoms with E-state index in [1.54, 1.807) is 32.9 Å². The lowest BCUT2D eigenvalue weighted by molar-refractivity contribution is -0.155. The topological polar surface area (TPSA) is 85.0 Å². The second-order valence-electron chi connectivity index (χ2n) is 7.57. The molecular weight excluding hydrogens is 354 g/mol. The van der Waals surface area contributed by atoms with Gasteiger partial charge in [-0.2, -0.15) is 10.4 Å². The number of nitrogens with zero attached hydrogens (tertiary/aromatic N) is 3. The molecule has 6 heteroatoms. The fraction of sp³-hybridized carbons (Fsp3) is 0.273. The first-order valence-corrected chi connectivity index (χ1v) is 8.92. The molecule has 0 aliphatic heterocycles. The Morgan fingerprint density at radius 1 is 1.14 bits per heavy atom. The Morgan fingerprint density at radius 3 is 2.50 bits per heavy atom. The fourth-order valence-corrected chi connectivity index (χ4v) is 3.00. The predicted molar refractivity (Wildman–Crippen MR) is 106 cm³/mol. The van der Waals surface area contributed by atoms with Crippen LogP contribution in [0, 0.1) is 11.3 Å². The van der Waals surface area contributed by atoms with Crippen molar-refractivity contribution in [2.75, 3.05) is 0 Å². The average molecular weight is 375 g/mol. The molecule has 2 aromatic carbocycles. The van der Waals surface area contributed by atoms with Crippen molar-refractivity contribution < 1.29 is 14.3 Å². The van der Waals surface area contributed by atoms with Gasteiger partial charge in [0.15, 0.2) is 5.78 Å². The maximum Gasteiger partial charge on any atom is 0.328 e. The number of esters is 1. The van der Waals surface area contributed by atoms with Gasteiger partial charge in [0.25, 0.3) is 0 Å². The molecule has 0 aliphatic rings. The molecule has 0 radical (unpaired) electrons. The lowest BCUT2D eigenvalue weighted by Gasteiger charge is -2.19. The third-order valence-electron chi connectivity index (χ3n) is 4.11. The number of hydrogen-bond acceptors (Lipinski definition) is 5. The molecule has 0 N–H and O–H groups in total. The van der Waals surface area contributed by atoms with Gasteiger partial charge in [-0.15, -0.1) is 0 Å².